The molecular formula is C14H21N3O. The predicted molar refractivity (Wildman–Crippen MR) is 74.1 cm³/mol. The molecule has 4 nitrogen and oxygen atoms in total. The molecule has 4 heteroatoms. The van der Waals surface area contributed by atoms with E-state index in [1.807, 2.05) is 37.1 Å². The first-order chi connectivity index (χ1) is 8.63. The largest absolute Gasteiger partial charge is 0.388 e. The van der Waals surface area contributed by atoms with Crippen LogP contribution in [0.3, 0.4) is 0 Å². The minimum absolute atomic E-state index is 0.151. The maximum atomic E-state index is 12.5. The summed E-state index contributed by atoms with van der Waals surface area (Å²) in [6, 6.07) is 5.84. The van der Waals surface area contributed by atoms with Gasteiger partial charge in [0, 0.05) is 44.5 Å². The van der Waals surface area contributed by atoms with Crippen molar-refractivity contribution >= 4 is 11.6 Å². The third-order valence-corrected chi connectivity index (χ3v) is 3.62. The average molecular weight is 247 g/mol. The normalized spacial score (nSPS) is 16.7. The van der Waals surface area contributed by atoms with E-state index in [4.69, 9.17) is 0 Å². The number of nitrogens with zero attached hydrogens (tertiary/aromatic N) is 2. The van der Waals surface area contributed by atoms with Gasteiger partial charge in [0.1, 0.15) is 0 Å². The van der Waals surface area contributed by atoms with Crippen LogP contribution in [-0.4, -0.2) is 56.0 Å². The van der Waals surface area contributed by atoms with E-state index >= 15 is 0 Å². The highest BCUT2D eigenvalue weighted by Gasteiger charge is 2.21. The van der Waals surface area contributed by atoms with Gasteiger partial charge >= 0.3 is 0 Å². The lowest BCUT2D eigenvalue weighted by atomic mass is 10.1. The first-order valence-corrected chi connectivity index (χ1v) is 6.38. The van der Waals surface area contributed by atoms with Crippen LogP contribution in [0.15, 0.2) is 18.2 Å². The van der Waals surface area contributed by atoms with Crippen molar-refractivity contribution in [1.29, 1.82) is 0 Å². The number of hydrogen-bond acceptors (Lipinski definition) is 3. The standard InChI is InChI=1S/C14H21N3O/c1-11-12(5-4-6-13(11)15-2)14(18)17-9-7-16(3)8-10-17/h4-6,15H,7-10H2,1-3H3. The van der Waals surface area contributed by atoms with Gasteiger partial charge in [-0.2, -0.15) is 0 Å². The fourth-order valence-electron chi connectivity index (χ4n) is 2.32. The van der Waals surface area contributed by atoms with Crippen molar-refractivity contribution < 1.29 is 4.79 Å². The molecule has 0 atom stereocenters. The summed E-state index contributed by atoms with van der Waals surface area (Å²) in [7, 11) is 3.97. The van der Waals surface area contributed by atoms with Crippen molar-refractivity contribution in [1.82, 2.24) is 9.80 Å². The van der Waals surface area contributed by atoms with E-state index in [-0.39, 0.29) is 5.91 Å². The second kappa shape index (κ2) is 5.40. The number of likely N-dealkylation sites (N-methyl/N-ethyl adjacent to an activating group) is 1. The van der Waals surface area contributed by atoms with Gasteiger partial charge in [0.25, 0.3) is 5.91 Å². The predicted octanol–water partition coefficient (Wildman–Crippen LogP) is 1.42. The topological polar surface area (TPSA) is 35.6 Å². The Morgan fingerprint density at radius 2 is 1.89 bits per heavy atom. The fourth-order valence-corrected chi connectivity index (χ4v) is 2.32. The molecular weight excluding hydrogens is 226 g/mol. The number of carbonyl (C=O) groups excluding carboxylic acids is 1. The van der Waals surface area contributed by atoms with E-state index < -0.39 is 0 Å². The van der Waals surface area contributed by atoms with Crippen molar-refractivity contribution in [2.24, 2.45) is 0 Å². The van der Waals surface area contributed by atoms with Crippen molar-refractivity contribution in [2.45, 2.75) is 6.92 Å². The highest BCUT2D eigenvalue weighted by molar-refractivity contribution is 5.97. The molecule has 98 valence electrons. The van der Waals surface area contributed by atoms with Crippen LogP contribution in [0, 0.1) is 6.92 Å². The molecule has 1 aromatic carbocycles. The zero-order chi connectivity index (χ0) is 13.1. The fraction of sp³-hybridized carbons (Fsp3) is 0.500. The summed E-state index contributed by atoms with van der Waals surface area (Å²) < 4.78 is 0. The minimum Gasteiger partial charge on any atom is -0.388 e. The number of benzene rings is 1. The van der Waals surface area contributed by atoms with Crippen LogP contribution >= 0.6 is 0 Å². The molecule has 18 heavy (non-hydrogen) atoms. The van der Waals surface area contributed by atoms with Crippen molar-refractivity contribution in [3.63, 3.8) is 0 Å². The van der Waals surface area contributed by atoms with E-state index in [1.54, 1.807) is 0 Å². The van der Waals surface area contributed by atoms with E-state index in [0.29, 0.717) is 0 Å². The third-order valence-electron chi connectivity index (χ3n) is 3.62. The summed E-state index contributed by atoms with van der Waals surface area (Å²) in [6.07, 6.45) is 0. The summed E-state index contributed by atoms with van der Waals surface area (Å²) >= 11 is 0. The van der Waals surface area contributed by atoms with Gasteiger partial charge in [0.05, 0.1) is 0 Å². The number of carbonyl (C=O) groups is 1. The maximum Gasteiger partial charge on any atom is 0.254 e. The minimum atomic E-state index is 0.151. The van der Waals surface area contributed by atoms with Crippen molar-refractivity contribution in [3.8, 4) is 0 Å². The molecule has 0 saturated carbocycles. The summed E-state index contributed by atoms with van der Waals surface area (Å²) in [5.41, 5.74) is 2.87. The number of amides is 1. The molecule has 0 bridgehead atoms. The molecule has 1 amide bonds. The molecule has 1 aliphatic rings. The van der Waals surface area contributed by atoms with E-state index in [1.165, 1.54) is 0 Å². The molecule has 1 aliphatic heterocycles. The monoisotopic (exact) mass is 247 g/mol. The average Bonchev–Trinajstić information content (AvgIpc) is 2.39. The summed E-state index contributed by atoms with van der Waals surface area (Å²) in [5, 5.41) is 3.12. The van der Waals surface area contributed by atoms with Gasteiger partial charge in [-0.1, -0.05) is 6.07 Å². The van der Waals surface area contributed by atoms with E-state index in [9.17, 15) is 4.79 Å². The van der Waals surface area contributed by atoms with Gasteiger partial charge in [-0.25, -0.2) is 0 Å². The number of hydrogen-bond donors (Lipinski definition) is 1. The quantitative estimate of drug-likeness (QED) is 0.858. The zero-order valence-electron chi connectivity index (χ0n) is 11.4. The molecule has 1 heterocycles. The SMILES string of the molecule is CNc1cccc(C(=O)N2CCN(C)CC2)c1C. The molecule has 1 N–H and O–H groups in total. The third kappa shape index (κ3) is 2.48. The van der Waals surface area contributed by atoms with Gasteiger partial charge < -0.3 is 15.1 Å². The Hall–Kier alpha value is -1.55. The molecule has 0 aliphatic carbocycles. The van der Waals surface area contributed by atoms with Crippen LogP contribution in [0.25, 0.3) is 0 Å². The Morgan fingerprint density at radius 1 is 1.22 bits per heavy atom. The Kier molecular flexibility index (Phi) is 3.87. The molecule has 1 aromatic rings. The van der Waals surface area contributed by atoms with Gasteiger partial charge in [-0.05, 0) is 31.7 Å². The molecule has 1 fully saturated rings. The Labute approximate surface area is 109 Å². The summed E-state index contributed by atoms with van der Waals surface area (Å²) in [6.45, 7) is 5.54. The number of piperazine rings is 1. The first kappa shape index (κ1) is 12.9. The second-order valence-corrected chi connectivity index (χ2v) is 4.82. The lowest BCUT2D eigenvalue weighted by Crippen LogP contribution is -2.47. The molecule has 1 saturated heterocycles. The van der Waals surface area contributed by atoms with Crippen LogP contribution < -0.4 is 5.32 Å². The van der Waals surface area contributed by atoms with Gasteiger partial charge in [-0.3, -0.25) is 4.79 Å². The second-order valence-electron chi connectivity index (χ2n) is 4.82. The lowest BCUT2D eigenvalue weighted by molar-refractivity contribution is 0.0663. The van der Waals surface area contributed by atoms with Crippen LogP contribution in [0.5, 0.6) is 0 Å². The molecule has 0 aromatic heterocycles. The summed E-state index contributed by atoms with van der Waals surface area (Å²) in [5.74, 6) is 0.151. The van der Waals surface area contributed by atoms with Crippen LogP contribution in [0.4, 0.5) is 5.69 Å². The first-order valence-electron chi connectivity index (χ1n) is 6.38. The van der Waals surface area contributed by atoms with Gasteiger partial charge in [-0.15, -0.1) is 0 Å². The smallest absolute Gasteiger partial charge is 0.254 e. The zero-order valence-corrected chi connectivity index (χ0v) is 11.4. The maximum absolute atomic E-state index is 12.5. The Bertz CT molecular complexity index is 437. The molecule has 0 unspecified atom stereocenters. The van der Waals surface area contributed by atoms with Gasteiger partial charge in [0.2, 0.25) is 0 Å². The van der Waals surface area contributed by atoms with Gasteiger partial charge in [0.15, 0.2) is 0 Å². The summed E-state index contributed by atoms with van der Waals surface area (Å²) in [4.78, 5) is 16.7. The van der Waals surface area contributed by atoms with Crippen molar-refractivity contribution in [2.75, 3.05) is 45.6 Å². The Morgan fingerprint density at radius 3 is 2.50 bits per heavy atom. The van der Waals surface area contributed by atoms with E-state index in [2.05, 4.69) is 17.3 Å². The van der Waals surface area contributed by atoms with Crippen LogP contribution in [0.1, 0.15) is 15.9 Å². The molecule has 0 radical (unpaired) electrons. The molecule has 0 spiro atoms. The lowest BCUT2D eigenvalue weighted by Gasteiger charge is -2.32. The van der Waals surface area contributed by atoms with Crippen LogP contribution in [-0.2, 0) is 0 Å². The van der Waals surface area contributed by atoms with E-state index in [0.717, 1.165) is 43.0 Å². The number of rotatable bonds is 2. The van der Waals surface area contributed by atoms with Crippen LogP contribution in [0.2, 0.25) is 0 Å². The number of nitrogens with one attached hydrogen (secondary N) is 1. The van der Waals surface area contributed by atoms with Crippen molar-refractivity contribution in [3.05, 3.63) is 29.3 Å². The highest BCUT2D eigenvalue weighted by atomic mass is 16.2. The Balaban J connectivity index is 2.18. The highest BCUT2D eigenvalue weighted by Crippen LogP contribution is 2.20. The number of anilines is 1. The molecule has 2 rings (SSSR count).